The number of pyridine rings is 1. The molecule has 1 aromatic heterocycles. The maximum atomic E-state index is 12.2. The molecule has 1 atom stereocenters. The number of carbonyl (C=O) groups is 4. The lowest BCUT2D eigenvalue weighted by molar-refractivity contribution is -0.170. The highest BCUT2D eigenvalue weighted by Crippen LogP contribution is 2.15. The largest absolute Gasteiger partial charge is 0.481 e. The van der Waals surface area contributed by atoms with Crippen molar-refractivity contribution >= 4 is 23.8 Å². The quantitative estimate of drug-likeness (QED) is 0.351. The Morgan fingerprint density at radius 1 is 1.13 bits per heavy atom. The first-order valence-corrected chi connectivity index (χ1v) is 9.83. The minimum Gasteiger partial charge on any atom is -0.481 e. The highest BCUT2D eigenvalue weighted by molar-refractivity contribution is 5.88. The number of likely N-dealkylation sites (N-methyl/N-ethyl adjacent to an activating group) is 1. The monoisotopic (exact) mass is 439 g/mol. The molecule has 31 heavy (non-hydrogen) atoms. The molecule has 1 aromatic rings. The molecule has 0 unspecified atom stereocenters. The van der Waals surface area contributed by atoms with Gasteiger partial charge < -0.3 is 30.6 Å². The molecular formula is C20H29N3O8. The second kappa shape index (κ2) is 12.6. The molecule has 0 spiro atoms. The summed E-state index contributed by atoms with van der Waals surface area (Å²) in [7, 11) is 1.88. The summed E-state index contributed by atoms with van der Waals surface area (Å²) in [5, 5.41) is 37.1. The van der Waals surface area contributed by atoms with Gasteiger partial charge in [0.05, 0.1) is 18.9 Å². The first-order chi connectivity index (χ1) is 14.5. The van der Waals surface area contributed by atoms with Gasteiger partial charge in [-0.05, 0) is 31.5 Å². The number of nitrogens with one attached hydrogen (secondary N) is 1. The van der Waals surface area contributed by atoms with Crippen LogP contribution >= 0.6 is 0 Å². The molecule has 1 aliphatic heterocycles. The van der Waals surface area contributed by atoms with Gasteiger partial charge in [-0.1, -0.05) is 12.5 Å². The van der Waals surface area contributed by atoms with Crippen molar-refractivity contribution in [2.24, 2.45) is 0 Å². The standard InChI is InChI=1S/C14H21N3O.C6H8O7/c1-17(11-8-12-6-2-4-9-15-12)14(18)13-7-3-5-10-16-13;7-3(8)1-6(13,5(11)12)2-4(9)10/h2,4,6,9,13,16H,3,5,7-8,10-11H2,1H3;13H,1-2H2,(H,7,8)(H,9,10)(H,11,12)/t13-;/m0./s1. The number of hydrogen-bond acceptors (Lipinski definition) is 7. The van der Waals surface area contributed by atoms with Gasteiger partial charge in [0, 0.05) is 31.9 Å². The van der Waals surface area contributed by atoms with Gasteiger partial charge in [-0.25, -0.2) is 4.79 Å². The fourth-order valence-corrected chi connectivity index (χ4v) is 2.98. The number of hydrogen-bond donors (Lipinski definition) is 5. The molecule has 1 saturated heterocycles. The second-order valence-electron chi connectivity index (χ2n) is 7.31. The van der Waals surface area contributed by atoms with Crippen LogP contribution in [-0.4, -0.2) is 85.9 Å². The summed E-state index contributed by atoms with van der Waals surface area (Å²) in [6.07, 6.45) is 3.62. The molecule has 1 aliphatic rings. The zero-order valence-electron chi connectivity index (χ0n) is 17.4. The molecule has 5 N–H and O–H groups in total. The molecule has 1 fully saturated rings. The van der Waals surface area contributed by atoms with Crippen molar-refractivity contribution in [2.75, 3.05) is 20.1 Å². The zero-order chi connectivity index (χ0) is 23.4. The van der Waals surface area contributed by atoms with Crippen molar-refractivity contribution < 1.29 is 39.6 Å². The van der Waals surface area contributed by atoms with Gasteiger partial charge in [0.2, 0.25) is 5.91 Å². The Labute approximate surface area is 179 Å². The van der Waals surface area contributed by atoms with E-state index >= 15 is 0 Å². The smallest absolute Gasteiger partial charge is 0.336 e. The van der Waals surface area contributed by atoms with Crippen LogP contribution in [0.2, 0.25) is 0 Å². The Morgan fingerprint density at radius 3 is 2.23 bits per heavy atom. The van der Waals surface area contributed by atoms with Gasteiger partial charge in [0.25, 0.3) is 0 Å². The SMILES string of the molecule is CN(CCc1ccccn1)C(=O)[C@@H]1CCCCN1.O=C(O)CC(O)(CC(=O)O)C(=O)O. The van der Waals surface area contributed by atoms with Crippen LogP contribution in [0.3, 0.4) is 0 Å². The van der Waals surface area contributed by atoms with Crippen LogP contribution < -0.4 is 5.32 Å². The summed E-state index contributed by atoms with van der Waals surface area (Å²) in [4.78, 5) is 48.7. The molecule has 11 heteroatoms. The van der Waals surface area contributed by atoms with E-state index in [-0.39, 0.29) is 11.9 Å². The molecule has 0 radical (unpaired) electrons. The predicted octanol–water partition coefficient (Wildman–Crippen LogP) is -0.0239. The number of carboxylic acids is 3. The maximum absolute atomic E-state index is 12.2. The Bertz CT molecular complexity index is 734. The summed E-state index contributed by atoms with van der Waals surface area (Å²) in [6, 6.07) is 5.90. The van der Waals surface area contributed by atoms with Crippen molar-refractivity contribution in [2.45, 2.75) is 50.2 Å². The van der Waals surface area contributed by atoms with Crippen LogP contribution in [-0.2, 0) is 25.6 Å². The van der Waals surface area contributed by atoms with Crippen LogP contribution in [0.15, 0.2) is 24.4 Å². The van der Waals surface area contributed by atoms with Crippen LogP contribution in [0.4, 0.5) is 0 Å². The first-order valence-electron chi connectivity index (χ1n) is 9.83. The van der Waals surface area contributed by atoms with Crippen LogP contribution in [0.25, 0.3) is 0 Å². The van der Waals surface area contributed by atoms with Crippen LogP contribution in [0.1, 0.15) is 37.8 Å². The van der Waals surface area contributed by atoms with Crippen LogP contribution in [0, 0.1) is 0 Å². The summed E-state index contributed by atoms with van der Waals surface area (Å²) in [5.41, 5.74) is -1.70. The second-order valence-corrected chi connectivity index (χ2v) is 7.31. The van der Waals surface area contributed by atoms with Gasteiger partial charge in [-0.2, -0.15) is 0 Å². The van der Waals surface area contributed by atoms with E-state index in [4.69, 9.17) is 20.4 Å². The minimum absolute atomic E-state index is 0.0208. The number of rotatable bonds is 9. The Kier molecular flexibility index (Phi) is 10.6. The molecule has 2 rings (SSSR count). The number of amides is 1. The fraction of sp³-hybridized carbons (Fsp3) is 0.550. The minimum atomic E-state index is -2.74. The lowest BCUT2D eigenvalue weighted by Crippen LogP contribution is -2.47. The summed E-state index contributed by atoms with van der Waals surface area (Å²) >= 11 is 0. The third-order valence-electron chi connectivity index (χ3n) is 4.70. The van der Waals surface area contributed by atoms with E-state index in [9.17, 15) is 19.2 Å². The summed E-state index contributed by atoms with van der Waals surface area (Å²) in [6.45, 7) is 1.69. The normalized spacial score (nSPS) is 15.9. The van der Waals surface area contributed by atoms with Gasteiger partial charge in [0.1, 0.15) is 0 Å². The number of piperidine rings is 1. The van der Waals surface area contributed by atoms with E-state index in [2.05, 4.69) is 10.3 Å². The van der Waals surface area contributed by atoms with E-state index in [1.54, 1.807) is 6.20 Å². The highest BCUT2D eigenvalue weighted by atomic mass is 16.4. The van der Waals surface area contributed by atoms with Crippen molar-refractivity contribution in [3.63, 3.8) is 0 Å². The molecule has 0 bridgehead atoms. The third kappa shape index (κ3) is 9.53. The van der Waals surface area contributed by atoms with E-state index in [0.717, 1.165) is 38.0 Å². The fourth-order valence-electron chi connectivity index (χ4n) is 2.98. The van der Waals surface area contributed by atoms with E-state index in [1.807, 2.05) is 30.1 Å². The lowest BCUT2D eigenvalue weighted by atomic mass is 9.96. The molecule has 0 aliphatic carbocycles. The van der Waals surface area contributed by atoms with Gasteiger partial charge in [-0.15, -0.1) is 0 Å². The molecule has 1 amide bonds. The molecular weight excluding hydrogens is 410 g/mol. The zero-order valence-corrected chi connectivity index (χ0v) is 17.4. The Hall–Kier alpha value is -3.05. The van der Waals surface area contributed by atoms with E-state index in [1.165, 1.54) is 6.42 Å². The van der Waals surface area contributed by atoms with Crippen LogP contribution in [0.5, 0.6) is 0 Å². The van der Waals surface area contributed by atoms with Crippen molar-refractivity contribution in [1.29, 1.82) is 0 Å². The van der Waals surface area contributed by atoms with Gasteiger partial charge in [-0.3, -0.25) is 19.4 Å². The number of aromatic nitrogens is 1. The molecule has 0 aromatic carbocycles. The number of aliphatic hydroxyl groups is 1. The summed E-state index contributed by atoms with van der Waals surface area (Å²) in [5.74, 6) is -4.81. The van der Waals surface area contributed by atoms with E-state index in [0.29, 0.717) is 0 Å². The average Bonchev–Trinajstić information content (AvgIpc) is 2.72. The number of carboxylic acid groups (broad SMARTS) is 3. The number of aliphatic carboxylic acids is 3. The number of nitrogens with zero attached hydrogens (tertiary/aromatic N) is 2. The Balaban J connectivity index is 0.000000330. The topological polar surface area (TPSA) is 177 Å². The third-order valence-corrected chi connectivity index (χ3v) is 4.70. The van der Waals surface area contributed by atoms with Gasteiger partial charge >= 0.3 is 17.9 Å². The van der Waals surface area contributed by atoms with Gasteiger partial charge in [0.15, 0.2) is 5.60 Å². The van der Waals surface area contributed by atoms with Crippen molar-refractivity contribution in [3.05, 3.63) is 30.1 Å². The van der Waals surface area contributed by atoms with Crippen molar-refractivity contribution in [3.8, 4) is 0 Å². The molecule has 11 nitrogen and oxygen atoms in total. The average molecular weight is 439 g/mol. The van der Waals surface area contributed by atoms with Crippen molar-refractivity contribution in [1.82, 2.24) is 15.2 Å². The molecule has 172 valence electrons. The molecule has 2 heterocycles. The maximum Gasteiger partial charge on any atom is 0.336 e. The lowest BCUT2D eigenvalue weighted by Gasteiger charge is -2.27. The Morgan fingerprint density at radius 2 is 1.77 bits per heavy atom. The highest BCUT2D eigenvalue weighted by Gasteiger charge is 2.40. The molecule has 0 saturated carbocycles. The summed E-state index contributed by atoms with van der Waals surface area (Å²) < 4.78 is 0. The predicted molar refractivity (Wildman–Crippen MR) is 108 cm³/mol. The number of carbonyl (C=O) groups excluding carboxylic acids is 1. The first kappa shape index (κ1) is 26.0. The van der Waals surface area contributed by atoms with E-state index < -0.39 is 36.4 Å².